The lowest BCUT2D eigenvalue weighted by atomic mass is 10.0. The molecule has 5 nitrogen and oxygen atoms in total. The Labute approximate surface area is 177 Å². The summed E-state index contributed by atoms with van der Waals surface area (Å²) in [5.41, 5.74) is 1.11. The van der Waals surface area contributed by atoms with Gasteiger partial charge in [-0.1, -0.05) is 60.7 Å². The van der Waals surface area contributed by atoms with Crippen LogP contribution in [0.25, 0.3) is 0 Å². The van der Waals surface area contributed by atoms with Crippen molar-refractivity contribution >= 4 is 5.97 Å². The lowest BCUT2D eigenvalue weighted by Gasteiger charge is -2.33. The molecular weight excluding hydrogens is 420 g/mol. The number of esters is 1. The van der Waals surface area contributed by atoms with Crippen molar-refractivity contribution in [3.8, 4) is 0 Å². The first-order valence-corrected chi connectivity index (χ1v) is 9.51. The molecule has 0 unspecified atom stereocenters. The average molecular weight is 444 g/mol. The van der Waals surface area contributed by atoms with Crippen molar-refractivity contribution in [2.75, 3.05) is 6.61 Å². The van der Waals surface area contributed by atoms with Gasteiger partial charge < -0.3 is 19.3 Å². The van der Waals surface area contributed by atoms with E-state index in [-0.39, 0.29) is 13.2 Å². The molecule has 0 aliphatic carbocycles. The molecule has 0 bridgehead atoms. The fraction of sp³-hybridized carbons (Fsp3) is 0.409. The van der Waals surface area contributed by atoms with Gasteiger partial charge in [0.2, 0.25) is 0 Å². The Morgan fingerprint density at radius 1 is 0.903 bits per heavy atom. The number of ether oxygens (including phenoxy) is 3. The fourth-order valence-electron chi connectivity index (χ4n) is 2.78. The molecule has 2 aromatic carbocycles. The highest BCUT2D eigenvalue weighted by atomic mass is 19.4. The van der Waals surface area contributed by atoms with Crippen molar-refractivity contribution in [1.29, 1.82) is 0 Å². The quantitative estimate of drug-likeness (QED) is 0.420. The highest BCUT2D eigenvalue weighted by Gasteiger charge is 2.49. The molecule has 0 saturated carbocycles. The van der Waals surface area contributed by atoms with Crippen LogP contribution in [-0.4, -0.2) is 48.3 Å². The van der Waals surface area contributed by atoms with Crippen molar-refractivity contribution in [3.05, 3.63) is 71.8 Å². The molecule has 2 aromatic rings. The lowest BCUT2D eigenvalue weighted by Crippen LogP contribution is -2.52. The van der Waals surface area contributed by atoms with Crippen molar-refractivity contribution < 1.29 is 41.7 Å². The number of aliphatic hydroxyl groups is 1. The monoisotopic (exact) mass is 444 g/mol. The van der Waals surface area contributed by atoms with Crippen LogP contribution >= 0.6 is 0 Å². The normalized spacial score (nSPS) is 15.7. The third-order valence-corrected chi connectivity index (χ3v) is 4.34. The first-order chi connectivity index (χ1) is 14.7. The number of carbonyl (C=O) groups is 1. The predicted molar refractivity (Wildman–Crippen MR) is 104 cm³/mol. The van der Waals surface area contributed by atoms with Crippen LogP contribution in [0.3, 0.4) is 0 Å². The maximum absolute atomic E-state index is 14.9. The van der Waals surface area contributed by atoms with E-state index in [2.05, 4.69) is 4.74 Å². The number of halogens is 4. The van der Waals surface area contributed by atoms with Crippen molar-refractivity contribution in [3.63, 3.8) is 0 Å². The zero-order valence-electron chi connectivity index (χ0n) is 16.8. The van der Waals surface area contributed by atoms with Gasteiger partial charge in [0.05, 0.1) is 13.2 Å². The first-order valence-electron chi connectivity index (χ1n) is 9.51. The molecule has 1 N–H and O–H groups in total. The molecule has 31 heavy (non-hydrogen) atoms. The molecule has 0 amide bonds. The van der Waals surface area contributed by atoms with Crippen LogP contribution in [0, 0.1) is 0 Å². The van der Waals surface area contributed by atoms with Gasteiger partial charge in [-0.25, -0.2) is 4.39 Å². The van der Waals surface area contributed by atoms with Crippen LogP contribution in [-0.2, 0) is 32.2 Å². The largest absolute Gasteiger partial charge is 0.463 e. The standard InChI is InChI=1S/C22H24F4O5/c1-15(27)29-14-18(23)19(30-12-16-8-4-2-5-9-16)20(21(28)22(24,25)26)31-13-17-10-6-3-7-11-17/h2-11,18-21,28H,12-14H2,1H3/t18-,19-,20-,21+/m0/s1. The maximum atomic E-state index is 14.9. The summed E-state index contributed by atoms with van der Waals surface area (Å²) in [5, 5.41) is 9.91. The van der Waals surface area contributed by atoms with Crippen LogP contribution in [0.4, 0.5) is 17.6 Å². The topological polar surface area (TPSA) is 65.0 Å². The molecular formula is C22H24F4O5. The second-order valence-corrected chi connectivity index (χ2v) is 6.83. The average Bonchev–Trinajstić information content (AvgIpc) is 2.74. The number of carbonyl (C=O) groups excluding carboxylic acids is 1. The fourth-order valence-corrected chi connectivity index (χ4v) is 2.78. The molecule has 0 fully saturated rings. The second kappa shape index (κ2) is 11.8. The highest BCUT2D eigenvalue weighted by Crippen LogP contribution is 2.29. The van der Waals surface area contributed by atoms with Crippen LogP contribution in [0.2, 0.25) is 0 Å². The van der Waals surface area contributed by atoms with E-state index in [4.69, 9.17) is 9.47 Å². The molecule has 2 rings (SSSR count). The summed E-state index contributed by atoms with van der Waals surface area (Å²) < 4.78 is 70.3. The smallest absolute Gasteiger partial charge is 0.417 e. The first kappa shape index (κ1) is 24.8. The second-order valence-electron chi connectivity index (χ2n) is 6.83. The third kappa shape index (κ3) is 8.28. The Morgan fingerprint density at radius 3 is 1.77 bits per heavy atom. The molecule has 9 heteroatoms. The van der Waals surface area contributed by atoms with E-state index >= 15 is 0 Å². The Bertz CT molecular complexity index is 785. The number of benzene rings is 2. The minimum Gasteiger partial charge on any atom is -0.463 e. The number of rotatable bonds is 11. The molecule has 0 aromatic heterocycles. The Morgan fingerprint density at radius 2 is 1.35 bits per heavy atom. The van der Waals surface area contributed by atoms with Gasteiger partial charge in [0.15, 0.2) is 12.3 Å². The summed E-state index contributed by atoms with van der Waals surface area (Å²) in [6.07, 6.45) is -14.2. The van der Waals surface area contributed by atoms with E-state index in [1.807, 2.05) is 0 Å². The van der Waals surface area contributed by atoms with E-state index in [9.17, 15) is 27.5 Å². The maximum Gasteiger partial charge on any atom is 0.417 e. The van der Waals surface area contributed by atoms with Crippen LogP contribution in [0.1, 0.15) is 18.1 Å². The summed E-state index contributed by atoms with van der Waals surface area (Å²) >= 11 is 0. The molecule has 0 heterocycles. The molecule has 0 saturated heterocycles. The van der Waals surface area contributed by atoms with Crippen LogP contribution in [0.5, 0.6) is 0 Å². The van der Waals surface area contributed by atoms with Crippen LogP contribution in [0.15, 0.2) is 60.7 Å². The van der Waals surface area contributed by atoms with Crippen LogP contribution < -0.4 is 0 Å². The molecule has 0 aliphatic heterocycles. The van der Waals surface area contributed by atoms with Crippen molar-refractivity contribution in [2.24, 2.45) is 0 Å². The summed E-state index contributed by atoms with van der Waals surface area (Å²) in [6, 6.07) is 16.7. The van der Waals surface area contributed by atoms with Gasteiger partial charge in [-0.15, -0.1) is 0 Å². The van der Waals surface area contributed by atoms with Gasteiger partial charge in [-0.3, -0.25) is 4.79 Å². The van der Waals surface area contributed by atoms with Gasteiger partial charge in [0.25, 0.3) is 0 Å². The SMILES string of the molecule is CC(=O)OC[C@H](F)[C@H](OCc1ccccc1)[C@H](OCc1ccccc1)[C@@H](O)C(F)(F)F. The Balaban J connectivity index is 2.25. The third-order valence-electron chi connectivity index (χ3n) is 4.34. The Kier molecular flexibility index (Phi) is 9.42. The molecule has 4 atom stereocenters. The summed E-state index contributed by atoms with van der Waals surface area (Å²) in [6.45, 7) is -0.350. The van der Waals surface area contributed by atoms with Gasteiger partial charge in [-0.05, 0) is 11.1 Å². The Hall–Kier alpha value is -2.49. The minimum atomic E-state index is -5.09. The summed E-state index contributed by atoms with van der Waals surface area (Å²) in [5.74, 6) is -0.803. The number of hydrogen-bond acceptors (Lipinski definition) is 5. The van der Waals surface area contributed by atoms with Gasteiger partial charge in [0, 0.05) is 6.92 Å². The summed E-state index contributed by atoms with van der Waals surface area (Å²) in [4.78, 5) is 11.0. The minimum absolute atomic E-state index is 0.234. The molecule has 0 spiro atoms. The zero-order valence-corrected chi connectivity index (χ0v) is 16.8. The van der Waals surface area contributed by atoms with E-state index in [1.54, 1.807) is 60.7 Å². The number of alkyl halides is 4. The van der Waals surface area contributed by atoms with Gasteiger partial charge in [0.1, 0.15) is 18.8 Å². The van der Waals surface area contributed by atoms with Crippen molar-refractivity contribution in [1.82, 2.24) is 0 Å². The van der Waals surface area contributed by atoms with E-state index < -0.39 is 43.2 Å². The molecule has 0 aliphatic rings. The van der Waals surface area contributed by atoms with Crippen molar-refractivity contribution in [2.45, 2.75) is 50.8 Å². The van der Waals surface area contributed by atoms with E-state index in [0.717, 1.165) is 6.92 Å². The predicted octanol–water partition coefficient (Wildman–Crippen LogP) is 3.98. The summed E-state index contributed by atoms with van der Waals surface area (Å²) in [7, 11) is 0. The lowest BCUT2D eigenvalue weighted by molar-refractivity contribution is -0.262. The van der Waals surface area contributed by atoms with Gasteiger partial charge in [-0.2, -0.15) is 13.2 Å². The number of aliphatic hydroxyl groups excluding tert-OH is 1. The highest BCUT2D eigenvalue weighted by molar-refractivity contribution is 5.65. The zero-order chi connectivity index (χ0) is 22.9. The van der Waals surface area contributed by atoms with E-state index in [0.29, 0.717) is 11.1 Å². The molecule has 0 radical (unpaired) electrons. The van der Waals surface area contributed by atoms with Gasteiger partial charge >= 0.3 is 12.1 Å². The van der Waals surface area contributed by atoms with E-state index in [1.165, 1.54) is 0 Å². The molecule has 170 valence electrons. The number of hydrogen-bond donors (Lipinski definition) is 1.